The van der Waals surface area contributed by atoms with E-state index in [2.05, 4.69) is 43.1 Å². The second-order valence-electron chi connectivity index (χ2n) is 8.91. The number of aryl methyl sites for hydroxylation is 1. The van der Waals surface area contributed by atoms with Gasteiger partial charge in [-0.05, 0) is 53.8 Å². The Labute approximate surface area is 224 Å². The number of alkyl halides is 3. The zero-order valence-corrected chi connectivity index (χ0v) is 20.6. The monoisotopic (exact) mass is 555 g/mol. The summed E-state index contributed by atoms with van der Waals surface area (Å²) in [5.41, 5.74) is 4.82. The second kappa shape index (κ2) is 10.6. The zero-order valence-electron chi connectivity index (χ0n) is 20.6. The Morgan fingerprint density at radius 2 is 1.85 bits per heavy atom. The Morgan fingerprint density at radius 1 is 1.07 bits per heavy atom. The largest absolute Gasteiger partial charge is 0.482 e. The highest BCUT2D eigenvalue weighted by Crippen LogP contribution is 2.35. The Balaban J connectivity index is 1.21. The van der Waals surface area contributed by atoms with Crippen molar-refractivity contribution in [2.45, 2.75) is 31.7 Å². The lowest BCUT2D eigenvalue weighted by molar-refractivity contribution is -0.100. The molecule has 0 saturated heterocycles. The van der Waals surface area contributed by atoms with E-state index in [1.165, 1.54) is 12.1 Å². The number of nitrogens with zero attached hydrogens (tertiary/aromatic N) is 5. The standard InChI is InChI=1S/C25H21F4N9O2/c1-13-35-36-37-38(13)16-4-5-17-15(9-16)3-7-19(17)33-24(40)22-10-21(31-12-32-22)23(39)30-11-14-2-6-18(26)20(8-14)34-25(27,28)29/h2,4-6,8-10,12,19,34H,1,3,7,11H2,(H,30,39)(H,33,40)(H,35,37)/t19-/m1/s1. The topological polar surface area (TPSA) is 136 Å². The molecule has 2 amide bonds. The van der Waals surface area contributed by atoms with Gasteiger partial charge in [0.15, 0.2) is 5.82 Å². The first-order valence-electron chi connectivity index (χ1n) is 11.9. The van der Waals surface area contributed by atoms with Crippen molar-refractivity contribution in [1.29, 1.82) is 0 Å². The lowest BCUT2D eigenvalue weighted by Crippen LogP contribution is -2.29. The predicted octanol–water partition coefficient (Wildman–Crippen LogP) is 4.06. The lowest BCUT2D eigenvalue weighted by atomic mass is 10.1. The number of fused-ring (bicyclic) bond motifs is 1. The molecule has 2 aliphatic rings. The molecule has 5 rings (SSSR count). The number of rotatable bonds is 7. The summed E-state index contributed by atoms with van der Waals surface area (Å²) in [5, 5.41) is 15.7. The quantitative estimate of drug-likeness (QED) is 0.255. The maximum Gasteiger partial charge on any atom is 0.482 e. The third kappa shape index (κ3) is 5.82. The highest BCUT2D eigenvalue weighted by molar-refractivity contribution is 5.97. The summed E-state index contributed by atoms with van der Waals surface area (Å²) in [7, 11) is 0. The van der Waals surface area contributed by atoms with E-state index in [0.717, 1.165) is 47.0 Å². The molecule has 1 aliphatic heterocycles. The number of benzene rings is 2. The number of amides is 2. The number of halogens is 4. The normalized spacial score (nSPS) is 15.9. The molecule has 1 atom stereocenters. The predicted molar refractivity (Wildman–Crippen MR) is 134 cm³/mol. The summed E-state index contributed by atoms with van der Waals surface area (Å²) in [6, 6.07) is 9.69. The highest BCUT2D eigenvalue weighted by atomic mass is 19.4. The van der Waals surface area contributed by atoms with Crippen LogP contribution in [0.2, 0.25) is 0 Å². The van der Waals surface area contributed by atoms with Crippen LogP contribution in [0.4, 0.5) is 28.9 Å². The SMILES string of the molecule is C=C1N=NNN1c1ccc2c(c1)CC[C@H]2NC(=O)c1cc(C(=O)NCc2ccc(F)c(NC(F)(F)F)c2)ncn1. The van der Waals surface area contributed by atoms with Crippen LogP contribution in [0.5, 0.6) is 0 Å². The lowest BCUT2D eigenvalue weighted by Gasteiger charge is -2.18. The molecule has 206 valence electrons. The van der Waals surface area contributed by atoms with Crippen molar-refractivity contribution < 1.29 is 27.2 Å². The molecule has 0 bridgehead atoms. The van der Waals surface area contributed by atoms with Gasteiger partial charge >= 0.3 is 6.30 Å². The molecule has 0 radical (unpaired) electrons. The van der Waals surface area contributed by atoms with E-state index in [-0.39, 0.29) is 29.5 Å². The molecule has 1 aliphatic carbocycles. The molecular formula is C25H21F4N9O2. The minimum atomic E-state index is -4.82. The van der Waals surface area contributed by atoms with Gasteiger partial charge in [-0.1, -0.05) is 23.9 Å². The fourth-order valence-electron chi connectivity index (χ4n) is 4.37. The van der Waals surface area contributed by atoms with Gasteiger partial charge in [0.25, 0.3) is 11.8 Å². The van der Waals surface area contributed by atoms with Crippen LogP contribution in [0.25, 0.3) is 0 Å². The van der Waals surface area contributed by atoms with E-state index in [9.17, 15) is 27.2 Å². The van der Waals surface area contributed by atoms with Crippen LogP contribution in [-0.4, -0.2) is 28.1 Å². The van der Waals surface area contributed by atoms with Gasteiger partial charge < -0.3 is 10.6 Å². The second-order valence-corrected chi connectivity index (χ2v) is 8.91. The van der Waals surface area contributed by atoms with E-state index >= 15 is 0 Å². The van der Waals surface area contributed by atoms with Gasteiger partial charge in [0.05, 0.1) is 17.4 Å². The van der Waals surface area contributed by atoms with Crippen molar-refractivity contribution in [1.82, 2.24) is 26.1 Å². The van der Waals surface area contributed by atoms with E-state index in [0.29, 0.717) is 12.2 Å². The molecule has 11 nitrogen and oxygen atoms in total. The molecule has 40 heavy (non-hydrogen) atoms. The maximum absolute atomic E-state index is 13.7. The van der Waals surface area contributed by atoms with E-state index in [1.54, 1.807) is 5.01 Å². The Morgan fingerprint density at radius 3 is 2.58 bits per heavy atom. The Kier molecular flexibility index (Phi) is 7.02. The van der Waals surface area contributed by atoms with Crippen molar-refractivity contribution in [3.8, 4) is 0 Å². The van der Waals surface area contributed by atoms with Crippen molar-refractivity contribution in [3.63, 3.8) is 0 Å². The molecular weight excluding hydrogens is 534 g/mol. The molecule has 4 N–H and O–H groups in total. The van der Waals surface area contributed by atoms with Gasteiger partial charge in [0.2, 0.25) is 0 Å². The molecule has 3 aromatic rings. The third-order valence-electron chi connectivity index (χ3n) is 6.23. The number of anilines is 2. The maximum atomic E-state index is 13.7. The van der Waals surface area contributed by atoms with E-state index in [4.69, 9.17) is 0 Å². The average molecular weight is 555 g/mol. The average Bonchev–Trinajstić information content (AvgIpc) is 3.53. The number of aromatic nitrogens is 2. The molecule has 0 unspecified atom stereocenters. The molecule has 2 aromatic carbocycles. The number of hydrogen-bond acceptors (Lipinski definition) is 9. The van der Waals surface area contributed by atoms with Crippen LogP contribution in [0.1, 0.15) is 50.1 Å². The number of hydrazine groups is 1. The summed E-state index contributed by atoms with van der Waals surface area (Å²) in [5.74, 6) is -1.84. The first-order chi connectivity index (χ1) is 19.1. The van der Waals surface area contributed by atoms with Gasteiger partial charge in [-0.25, -0.2) is 19.4 Å². The fraction of sp³-hybridized carbons (Fsp3) is 0.200. The van der Waals surface area contributed by atoms with Crippen molar-refractivity contribution in [3.05, 3.63) is 95.1 Å². The number of hydrogen-bond donors (Lipinski definition) is 4. The fourth-order valence-corrected chi connectivity index (χ4v) is 4.37. The minimum absolute atomic E-state index is 0.0375. The molecule has 0 saturated carbocycles. The van der Waals surface area contributed by atoms with Gasteiger partial charge in [0.1, 0.15) is 23.5 Å². The van der Waals surface area contributed by atoms with Crippen LogP contribution >= 0.6 is 0 Å². The molecule has 1 aromatic heterocycles. The van der Waals surface area contributed by atoms with Gasteiger partial charge in [-0.3, -0.25) is 14.9 Å². The summed E-state index contributed by atoms with van der Waals surface area (Å²) < 4.78 is 51.4. The summed E-state index contributed by atoms with van der Waals surface area (Å²) in [6.45, 7) is 3.60. The first kappa shape index (κ1) is 26.5. The number of carbonyl (C=O) groups is 2. The van der Waals surface area contributed by atoms with Crippen LogP contribution in [0.15, 0.2) is 71.5 Å². The van der Waals surface area contributed by atoms with E-state index < -0.39 is 29.6 Å². The van der Waals surface area contributed by atoms with Crippen LogP contribution < -0.4 is 26.5 Å². The van der Waals surface area contributed by atoms with Crippen molar-refractivity contribution in [2.24, 2.45) is 10.3 Å². The third-order valence-corrected chi connectivity index (χ3v) is 6.23. The summed E-state index contributed by atoms with van der Waals surface area (Å²) in [4.78, 5) is 33.4. The van der Waals surface area contributed by atoms with Gasteiger partial charge in [-0.15, -0.1) is 5.11 Å². The zero-order chi connectivity index (χ0) is 28.4. The van der Waals surface area contributed by atoms with Crippen LogP contribution in [0.3, 0.4) is 0 Å². The summed E-state index contributed by atoms with van der Waals surface area (Å²) in [6.07, 6.45) is -2.37. The van der Waals surface area contributed by atoms with Crippen molar-refractivity contribution in [2.75, 3.05) is 10.3 Å². The Hall–Kier alpha value is -5.08. The molecule has 0 spiro atoms. The molecule has 15 heteroatoms. The first-order valence-corrected chi connectivity index (χ1v) is 11.9. The Bertz CT molecular complexity index is 1530. The van der Waals surface area contributed by atoms with Crippen LogP contribution in [0, 0.1) is 5.82 Å². The minimum Gasteiger partial charge on any atom is -0.347 e. The van der Waals surface area contributed by atoms with Crippen LogP contribution in [-0.2, 0) is 13.0 Å². The molecule has 2 heterocycles. The molecule has 0 fully saturated rings. The number of carbonyl (C=O) groups excluding carboxylic acids is 2. The van der Waals surface area contributed by atoms with Gasteiger partial charge in [0, 0.05) is 12.6 Å². The van der Waals surface area contributed by atoms with Gasteiger partial charge in [-0.2, -0.15) is 18.7 Å². The number of nitrogens with one attached hydrogen (secondary N) is 4. The smallest absolute Gasteiger partial charge is 0.347 e. The van der Waals surface area contributed by atoms with E-state index in [1.807, 2.05) is 18.2 Å². The van der Waals surface area contributed by atoms with Crippen molar-refractivity contribution >= 4 is 23.2 Å². The summed E-state index contributed by atoms with van der Waals surface area (Å²) >= 11 is 0. The highest BCUT2D eigenvalue weighted by Gasteiger charge is 2.29.